The first-order chi connectivity index (χ1) is 10.5. The summed E-state index contributed by atoms with van der Waals surface area (Å²) in [5.41, 5.74) is 3.76. The summed E-state index contributed by atoms with van der Waals surface area (Å²) in [6.45, 7) is 11.1. The average Bonchev–Trinajstić information content (AvgIpc) is 3.08. The summed E-state index contributed by atoms with van der Waals surface area (Å²) in [6.07, 6.45) is 0.782. The molecule has 1 atom stereocenters. The predicted octanol–water partition coefficient (Wildman–Crippen LogP) is 3.00. The molecular formula is C19H28N2O. The minimum absolute atomic E-state index is 0.0639. The molecule has 120 valence electrons. The van der Waals surface area contributed by atoms with Crippen LogP contribution in [-0.2, 0) is 6.42 Å². The maximum absolute atomic E-state index is 9.65. The van der Waals surface area contributed by atoms with E-state index in [0.717, 1.165) is 11.8 Å². The van der Waals surface area contributed by atoms with Crippen LogP contribution in [0.5, 0.6) is 0 Å². The largest absolute Gasteiger partial charge is 0.394 e. The summed E-state index contributed by atoms with van der Waals surface area (Å²) < 4.78 is 0. The minimum atomic E-state index is -0.0639. The number of aliphatic hydroxyl groups excluding tert-OH is 1. The van der Waals surface area contributed by atoms with Gasteiger partial charge in [0.2, 0.25) is 0 Å². The zero-order valence-corrected chi connectivity index (χ0v) is 14.4. The van der Waals surface area contributed by atoms with Gasteiger partial charge in [0, 0.05) is 17.6 Å². The van der Waals surface area contributed by atoms with Gasteiger partial charge in [0.15, 0.2) is 0 Å². The molecule has 0 radical (unpaired) electrons. The molecule has 0 aromatic heterocycles. The van der Waals surface area contributed by atoms with Gasteiger partial charge in [-0.1, -0.05) is 30.3 Å². The van der Waals surface area contributed by atoms with Crippen molar-refractivity contribution in [2.75, 3.05) is 11.5 Å². The number of rotatable bonds is 7. The van der Waals surface area contributed by atoms with Gasteiger partial charge in [0.25, 0.3) is 0 Å². The van der Waals surface area contributed by atoms with Crippen molar-refractivity contribution in [3.63, 3.8) is 0 Å². The van der Waals surface area contributed by atoms with E-state index >= 15 is 0 Å². The summed E-state index contributed by atoms with van der Waals surface area (Å²) in [7, 11) is 0. The number of nitrogens with zero attached hydrogens (tertiary/aromatic N) is 2. The summed E-state index contributed by atoms with van der Waals surface area (Å²) in [5.74, 6) is 0. The molecule has 0 bridgehead atoms. The Morgan fingerprint density at radius 1 is 1.05 bits per heavy atom. The number of hydrogen-bond acceptors (Lipinski definition) is 3. The van der Waals surface area contributed by atoms with Crippen molar-refractivity contribution in [2.45, 2.75) is 59.2 Å². The molecular weight excluding hydrogens is 272 g/mol. The molecule has 0 saturated carbocycles. The van der Waals surface area contributed by atoms with Crippen LogP contribution in [0, 0.1) is 6.92 Å². The zero-order valence-electron chi connectivity index (χ0n) is 14.4. The lowest BCUT2D eigenvalue weighted by Gasteiger charge is -2.29. The Bertz CT molecular complexity index is 598. The Morgan fingerprint density at radius 3 is 2.14 bits per heavy atom. The van der Waals surface area contributed by atoms with E-state index in [1.165, 1.54) is 16.8 Å². The van der Waals surface area contributed by atoms with Crippen molar-refractivity contribution in [1.29, 1.82) is 0 Å². The zero-order chi connectivity index (χ0) is 16.3. The molecule has 0 fully saturated rings. The van der Waals surface area contributed by atoms with Crippen LogP contribution in [0.3, 0.4) is 0 Å². The van der Waals surface area contributed by atoms with Gasteiger partial charge in [-0.2, -0.15) is 0 Å². The van der Waals surface area contributed by atoms with Gasteiger partial charge in [0.1, 0.15) is 0 Å². The Labute approximate surface area is 134 Å². The molecule has 2 aromatic carbocycles. The molecule has 0 amide bonds. The molecule has 1 N–H and O–H groups in total. The van der Waals surface area contributed by atoms with E-state index in [1.54, 1.807) is 0 Å². The standard InChI is InChI=1S/C19H28N2O/c1-13(2)21(14(3)4)19-15(5)18(19)20-17(12-22)11-16-9-7-6-8-10-16/h6-10,13-14,17,22H,11-12H2,1-5H3/t17-/m0/s1. The first-order valence-electron chi connectivity index (χ1n) is 8.18. The Hall–Kier alpha value is -1.61. The van der Waals surface area contributed by atoms with Crippen molar-refractivity contribution < 1.29 is 5.11 Å². The third-order valence-corrected chi connectivity index (χ3v) is 4.08. The summed E-state index contributed by atoms with van der Waals surface area (Å²) in [5, 5.41) is 10.7. The highest BCUT2D eigenvalue weighted by Crippen LogP contribution is 2.26. The lowest BCUT2D eigenvalue weighted by Crippen LogP contribution is -2.36. The van der Waals surface area contributed by atoms with Crippen molar-refractivity contribution in [3.8, 4) is 0 Å². The lowest BCUT2D eigenvalue weighted by atomic mass is 10.1. The first-order valence-corrected chi connectivity index (χ1v) is 8.18. The van der Waals surface area contributed by atoms with Gasteiger partial charge in [-0.25, -0.2) is 0 Å². The van der Waals surface area contributed by atoms with E-state index in [0.29, 0.717) is 12.1 Å². The van der Waals surface area contributed by atoms with Crippen LogP contribution < -0.4 is 10.3 Å². The molecule has 22 heavy (non-hydrogen) atoms. The van der Waals surface area contributed by atoms with Crippen molar-refractivity contribution in [1.82, 2.24) is 0 Å². The molecule has 0 saturated heterocycles. The fourth-order valence-corrected chi connectivity index (χ4v) is 3.06. The number of hydrogen-bond donors (Lipinski definition) is 1. The highest BCUT2D eigenvalue weighted by molar-refractivity contribution is 5.65. The second kappa shape index (κ2) is 7.10. The predicted molar refractivity (Wildman–Crippen MR) is 92.9 cm³/mol. The molecule has 0 unspecified atom stereocenters. The van der Waals surface area contributed by atoms with Crippen LogP contribution in [0.25, 0.3) is 0 Å². The topological polar surface area (TPSA) is 35.8 Å². The average molecular weight is 300 g/mol. The molecule has 3 nitrogen and oxygen atoms in total. The van der Waals surface area contributed by atoms with E-state index < -0.39 is 0 Å². The molecule has 2 rings (SSSR count). The normalized spacial score (nSPS) is 14.3. The lowest BCUT2D eigenvalue weighted by molar-refractivity contribution is 0.264. The SMILES string of the molecule is Cc1c(N(C(C)C)C(C)C)c1=N[C@H](CO)Cc1ccccc1. The fraction of sp³-hybridized carbons (Fsp3) is 0.526. The summed E-state index contributed by atoms with van der Waals surface area (Å²) >= 11 is 0. The van der Waals surface area contributed by atoms with Crippen LogP contribution in [0.15, 0.2) is 35.3 Å². The van der Waals surface area contributed by atoms with Gasteiger partial charge in [-0.05, 0) is 46.6 Å². The quantitative estimate of drug-likeness (QED) is 0.853. The maximum atomic E-state index is 9.65. The van der Waals surface area contributed by atoms with Gasteiger partial charge in [0.05, 0.1) is 23.7 Å². The monoisotopic (exact) mass is 300 g/mol. The molecule has 2 aromatic rings. The third-order valence-electron chi connectivity index (χ3n) is 4.08. The highest BCUT2D eigenvalue weighted by Gasteiger charge is 2.26. The number of benzene rings is 1. The Kier molecular flexibility index (Phi) is 5.41. The van der Waals surface area contributed by atoms with Crippen molar-refractivity contribution in [2.24, 2.45) is 4.99 Å². The van der Waals surface area contributed by atoms with Gasteiger partial charge in [-0.15, -0.1) is 0 Å². The Balaban J connectivity index is 2.18. The Morgan fingerprint density at radius 2 is 1.64 bits per heavy atom. The van der Waals surface area contributed by atoms with E-state index in [2.05, 4.69) is 51.7 Å². The second-order valence-corrected chi connectivity index (χ2v) is 6.57. The van der Waals surface area contributed by atoms with Gasteiger partial charge in [-0.3, -0.25) is 4.99 Å². The molecule has 0 aliphatic carbocycles. The van der Waals surface area contributed by atoms with Crippen molar-refractivity contribution in [3.05, 3.63) is 46.8 Å². The molecule has 0 aliphatic heterocycles. The van der Waals surface area contributed by atoms with Gasteiger partial charge < -0.3 is 10.0 Å². The highest BCUT2D eigenvalue weighted by atomic mass is 16.3. The van der Waals surface area contributed by atoms with E-state index in [9.17, 15) is 5.11 Å². The van der Waals surface area contributed by atoms with Crippen LogP contribution >= 0.6 is 0 Å². The van der Waals surface area contributed by atoms with Crippen LogP contribution in [0.2, 0.25) is 0 Å². The summed E-state index contributed by atoms with van der Waals surface area (Å²) in [4.78, 5) is 7.21. The van der Waals surface area contributed by atoms with Crippen molar-refractivity contribution >= 4 is 5.69 Å². The fourth-order valence-electron chi connectivity index (χ4n) is 3.06. The molecule has 0 spiro atoms. The smallest absolute Gasteiger partial charge is 0.0866 e. The van der Waals surface area contributed by atoms with E-state index in [4.69, 9.17) is 4.99 Å². The van der Waals surface area contributed by atoms with Gasteiger partial charge >= 0.3 is 0 Å². The minimum Gasteiger partial charge on any atom is -0.394 e. The van der Waals surface area contributed by atoms with E-state index in [1.807, 2.05) is 18.2 Å². The van der Waals surface area contributed by atoms with Crippen LogP contribution in [0.4, 0.5) is 5.69 Å². The molecule has 0 aliphatic rings. The third kappa shape index (κ3) is 3.77. The summed E-state index contributed by atoms with van der Waals surface area (Å²) in [6, 6.07) is 11.1. The molecule has 3 heteroatoms. The van der Waals surface area contributed by atoms with Crippen LogP contribution in [-0.4, -0.2) is 29.8 Å². The van der Waals surface area contributed by atoms with Crippen LogP contribution in [0.1, 0.15) is 38.8 Å². The molecule has 0 heterocycles. The first kappa shape index (κ1) is 16.8. The maximum Gasteiger partial charge on any atom is 0.0866 e. The number of aliphatic hydroxyl groups is 1. The number of anilines is 1. The second-order valence-electron chi connectivity index (χ2n) is 6.57. The van der Waals surface area contributed by atoms with E-state index in [-0.39, 0.29) is 12.6 Å².